The highest BCUT2D eigenvalue weighted by atomic mass is 31.1. The second kappa shape index (κ2) is 19.3. The van der Waals surface area contributed by atoms with Gasteiger partial charge in [0.05, 0.1) is 6.61 Å². The Bertz CT molecular complexity index is 251. The second-order valence-corrected chi connectivity index (χ2v) is 8.14. The minimum Gasteiger partial charge on any atom is -0.385 e. The molecule has 25 heavy (non-hydrogen) atoms. The summed E-state index contributed by atoms with van der Waals surface area (Å²) in [6.45, 7) is 3.27. The predicted molar refractivity (Wildman–Crippen MR) is 106 cm³/mol. The highest BCUT2D eigenvalue weighted by Gasteiger charge is 2.09. The summed E-state index contributed by atoms with van der Waals surface area (Å²) >= 11 is 0. The first-order chi connectivity index (χ1) is 12.2. The van der Waals surface area contributed by atoms with E-state index in [1.165, 1.54) is 0 Å². The maximum Gasteiger partial charge on any atom is 0.160 e. The Morgan fingerprint density at radius 2 is 1.20 bits per heavy atom. The van der Waals surface area contributed by atoms with Crippen LogP contribution in [0.2, 0.25) is 0 Å². The molecule has 7 nitrogen and oxygen atoms in total. The van der Waals surface area contributed by atoms with Crippen molar-refractivity contribution in [2.45, 2.75) is 19.0 Å². The first-order valence-corrected chi connectivity index (χ1v) is 11.4. The van der Waals surface area contributed by atoms with Crippen molar-refractivity contribution >= 4 is 17.2 Å². The van der Waals surface area contributed by atoms with Gasteiger partial charge < -0.3 is 23.7 Å². The van der Waals surface area contributed by atoms with Crippen LogP contribution in [0.1, 0.15) is 6.42 Å². The minimum absolute atomic E-state index is 0.101. The Kier molecular flexibility index (Phi) is 19.8. The van der Waals surface area contributed by atoms with Crippen LogP contribution >= 0.6 is 17.2 Å². The number of nitrogens with zero attached hydrogens (tertiary/aromatic N) is 1. The van der Waals surface area contributed by atoms with Crippen LogP contribution in [0.15, 0.2) is 0 Å². The van der Waals surface area contributed by atoms with Gasteiger partial charge in [-0.2, -0.15) is 5.06 Å². The van der Waals surface area contributed by atoms with Crippen LogP contribution in [0, 0.1) is 0 Å². The van der Waals surface area contributed by atoms with Gasteiger partial charge in [0.25, 0.3) is 0 Å². The monoisotopic (exact) mass is 401 g/mol. The smallest absolute Gasteiger partial charge is 0.160 e. The summed E-state index contributed by atoms with van der Waals surface area (Å²) in [5.74, 6) is 0. The van der Waals surface area contributed by atoms with E-state index < -0.39 is 0 Å². The van der Waals surface area contributed by atoms with Crippen LogP contribution in [0.5, 0.6) is 0 Å². The molecular formula is C16H37NO6P2. The van der Waals surface area contributed by atoms with Gasteiger partial charge in [0.15, 0.2) is 12.6 Å². The first kappa shape index (κ1) is 25.6. The Morgan fingerprint density at radius 1 is 0.720 bits per heavy atom. The van der Waals surface area contributed by atoms with E-state index in [0.29, 0.717) is 6.61 Å². The molecule has 0 N–H and O–H groups in total. The molecular weight excluding hydrogens is 364 g/mol. The molecule has 0 aromatic rings. The van der Waals surface area contributed by atoms with E-state index >= 15 is 0 Å². The predicted octanol–water partition coefficient (Wildman–Crippen LogP) is 1.85. The van der Waals surface area contributed by atoms with Crippen molar-refractivity contribution in [1.82, 2.24) is 5.06 Å². The van der Waals surface area contributed by atoms with Gasteiger partial charge in [-0.3, -0.25) is 4.84 Å². The average molecular weight is 401 g/mol. The molecule has 0 saturated heterocycles. The maximum atomic E-state index is 5.90. The van der Waals surface area contributed by atoms with Crippen LogP contribution < -0.4 is 0 Å². The molecule has 0 heterocycles. The van der Waals surface area contributed by atoms with Crippen LogP contribution in [-0.2, 0) is 28.5 Å². The Labute approximate surface area is 156 Å². The summed E-state index contributed by atoms with van der Waals surface area (Å²) in [6.07, 6.45) is 4.71. The molecule has 0 aliphatic heterocycles. The Morgan fingerprint density at radius 3 is 1.60 bits per heavy atom. The topological polar surface area (TPSA) is 58.6 Å². The molecule has 0 rings (SSSR count). The van der Waals surface area contributed by atoms with Gasteiger partial charge in [-0.05, 0) is 18.7 Å². The highest BCUT2D eigenvalue weighted by Crippen LogP contribution is 2.16. The molecule has 9 heteroatoms. The van der Waals surface area contributed by atoms with Crippen molar-refractivity contribution in [2.75, 3.05) is 86.5 Å². The molecule has 0 aromatic heterocycles. The van der Waals surface area contributed by atoms with Crippen molar-refractivity contribution in [2.24, 2.45) is 0 Å². The summed E-state index contributed by atoms with van der Waals surface area (Å²) in [7, 11) is 10.0. The lowest BCUT2D eigenvalue weighted by atomic mass is 10.5. The number of methoxy groups -OCH3 is 5. The second-order valence-electron chi connectivity index (χ2n) is 5.32. The lowest BCUT2D eigenvalue weighted by Gasteiger charge is -2.23. The fraction of sp³-hybridized carbons (Fsp3) is 1.00. The summed E-state index contributed by atoms with van der Waals surface area (Å²) in [6, 6.07) is 0. The number of hydroxylamine groups is 2. The highest BCUT2D eigenvalue weighted by molar-refractivity contribution is 7.38. The van der Waals surface area contributed by atoms with E-state index in [9.17, 15) is 0 Å². The average Bonchev–Trinajstić information content (AvgIpc) is 2.64. The van der Waals surface area contributed by atoms with Gasteiger partial charge in [0.1, 0.15) is 0 Å². The van der Waals surface area contributed by atoms with Crippen LogP contribution in [0.4, 0.5) is 0 Å². The van der Waals surface area contributed by atoms with Gasteiger partial charge in [0.2, 0.25) is 0 Å². The number of hydrogen-bond acceptors (Lipinski definition) is 7. The molecule has 0 spiro atoms. The van der Waals surface area contributed by atoms with E-state index in [4.69, 9.17) is 28.5 Å². The third-order valence-electron chi connectivity index (χ3n) is 3.52. The molecule has 0 amide bonds. The SMILES string of the molecule is COCCCON(CCPCC(OC)OC)CCPCC(OC)OC. The number of rotatable bonds is 19. The number of ether oxygens (including phenoxy) is 5. The van der Waals surface area contributed by atoms with Gasteiger partial charge in [-0.25, -0.2) is 0 Å². The third-order valence-corrected chi connectivity index (χ3v) is 5.91. The maximum absolute atomic E-state index is 5.90. The largest absolute Gasteiger partial charge is 0.385 e. The Hall–Kier alpha value is 0.580. The molecule has 0 aromatic carbocycles. The van der Waals surface area contributed by atoms with Crippen LogP contribution in [0.25, 0.3) is 0 Å². The lowest BCUT2D eigenvalue weighted by Crippen LogP contribution is -2.30. The lowest BCUT2D eigenvalue weighted by molar-refractivity contribution is -0.154. The van der Waals surface area contributed by atoms with E-state index in [1.807, 2.05) is 0 Å². The molecule has 0 aliphatic carbocycles. The molecule has 152 valence electrons. The normalized spacial score (nSPS) is 13.0. The fourth-order valence-corrected chi connectivity index (χ4v) is 4.37. The summed E-state index contributed by atoms with van der Waals surface area (Å²) in [5.41, 5.74) is 0. The van der Waals surface area contributed by atoms with Crippen molar-refractivity contribution < 1.29 is 28.5 Å². The van der Waals surface area contributed by atoms with Crippen LogP contribution in [0.3, 0.4) is 0 Å². The van der Waals surface area contributed by atoms with E-state index in [1.54, 1.807) is 35.5 Å². The number of hydrogen-bond donors (Lipinski definition) is 0. The van der Waals surface area contributed by atoms with Gasteiger partial charge in [-0.1, -0.05) is 0 Å². The van der Waals surface area contributed by atoms with Crippen molar-refractivity contribution in [3.05, 3.63) is 0 Å². The minimum atomic E-state index is -0.101. The van der Waals surface area contributed by atoms with Gasteiger partial charge >= 0.3 is 0 Å². The molecule has 0 saturated carbocycles. The molecule has 0 aliphatic rings. The van der Waals surface area contributed by atoms with Gasteiger partial charge in [0, 0.05) is 67.6 Å². The molecule has 0 fully saturated rings. The zero-order valence-electron chi connectivity index (χ0n) is 16.4. The molecule has 2 atom stereocenters. The van der Waals surface area contributed by atoms with Crippen LogP contribution in [-0.4, -0.2) is 104 Å². The van der Waals surface area contributed by atoms with E-state index in [0.717, 1.165) is 67.9 Å². The quantitative estimate of drug-likeness (QED) is 0.142. The third kappa shape index (κ3) is 15.3. The van der Waals surface area contributed by atoms with Crippen molar-refractivity contribution in [3.63, 3.8) is 0 Å². The van der Waals surface area contributed by atoms with Crippen molar-refractivity contribution in [3.8, 4) is 0 Å². The van der Waals surface area contributed by atoms with E-state index in [2.05, 4.69) is 5.06 Å². The summed E-state index contributed by atoms with van der Waals surface area (Å²) in [5, 5.41) is 2.08. The van der Waals surface area contributed by atoms with Gasteiger partial charge in [-0.15, -0.1) is 17.2 Å². The zero-order valence-corrected chi connectivity index (χ0v) is 18.4. The van der Waals surface area contributed by atoms with Crippen molar-refractivity contribution in [1.29, 1.82) is 0 Å². The molecule has 0 bridgehead atoms. The molecule has 0 radical (unpaired) electrons. The summed E-state index contributed by atoms with van der Waals surface area (Å²) in [4.78, 5) is 5.90. The van der Waals surface area contributed by atoms with E-state index in [-0.39, 0.29) is 12.6 Å². The summed E-state index contributed by atoms with van der Waals surface area (Å²) < 4.78 is 26.0. The molecule has 2 unspecified atom stereocenters. The Balaban J connectivity index is 4.00. The first-order valence-electron chi connectivity index (χ1n) is 8.61. The standard InChI is InChI=1S/C16H37NO6P2/c1-18-9-6-10-23-17(7-11-24-13-15(19-2)20-3)8-12-25-14-16(21-4)22-5/h15-16,24-25H,6-14H2,1-5H3. The zero-order chi connectivity index (χ0) is 18.8. The fourth-order valence-electron chi connectivity index (χ4n) is 2.01.